The molecule has 6 nitrogen and oxygen atoms in total. The number of carbonyl (C=O) groups excluding carboxylic acids is 1. The zero-order chi connectivity index (χ0) is 15.4. The highest BCUT2D eigenvalue weighted by Crippen LogP contribution is 2.14. The molecule has 110 valence electrons. The molecule has 1 aromatic heterocycles. The summed E-state index contributed by atoms with van der Waals surface area (Å²) in [5.41, 5.74) is 2.13. The van der Waals surface area contributed by atoms with Crippen LogP contribution < -0.4 is 5.32 Å². The van der Waals surface area contributed by atoms with Gasteiger partial charge in [0.2, 0.25) is 5.76 Å². The molecule has 0 aliphatic heterocycles. The number of hydrogen-bond acceptors (Lipinski definition) is 4. The third-order valence-electron chi connectivity index (χ3n) is 3.05. The molecule has 2 rings (SSSR count). The van der Waals surface area contributed by atoms with Gasteiger partial charge in [-0.15, -0.1) is 0 Å². The molecular weight excluding hydrogens is 272 g/mol. The van der Waals surface area contributed by atoms with Crippen molar-refractivity contribution in [1.82, 2.24) is 10.5 Å². The van der Waals surface area contributed by atoms with Crippen molar-refractivity contribution in [3.63, 3.8) is 0 Å². The fraction of sp³-hybridized carbons (Fsp3) is 0.267. The molecule has 0 spiro atoms. The third kappa shape index (κ3) is 3.68. The second-order valence-corrected chi connectivity index (χ2v) is 4.96. The molecule has 0 saturated carbocycles. The topological polar surface area (TPSA) is 92.4 Å². The molecule has 0 unspecified atom stereocenters. The highest BCUT2D eigenvalue weighted by atomic mass is 16.5. The number of carbonyl (C=O) groups is 2. The van der Waals surface area contributed by atoms with E-state index in [2.05, 4.69) is 28.8 Å². The van der Waals surface area contributed by atoms with E-state index in [-0.39, 0.29) is 11.5 Å². The van der Waals surface area contributed by atoms with E-state index in [0.717, 1.165) is 11.6 Å². The number of carboxylic acids is 1. The first kappa shape index (κ1) is 14.8. The molecule has 0 aliphatic carbocycles. The number of hydrogen-bond donors (Lipinski definition) is 2. The van der Waals surface area contributed by atoms with Gasteiger partial charge in [0.1, 0.15) is 0 Å². The Morgan fingerprint density at radius 3 is 2.48 bits per heavy atom. The Kier molecular flexibility index (Phi) is 4.37. The molecule has 0 atom stereocenters. The van der Waals surface area contributed by atoms with Crippen molar-refractivity contribution < 1.29 is 19.2 Å². The molecule has 6 heteroatoms. The van der Waals surface area contributed by atoms with Crippen molar-refractivity contribution in [1.29, 1.82) is 0 Å². The number of amides is 1. The van der Waals surface area contributed by atoms with Crippen LogP contribution in [0.4, 0.5) is 0 Å². The normalized spacial score (nSPS) is 10.6. The summed E-state index contributed by atoms with van der Waals surface area (Å²) in [5.74, 6) is -1.63. The van der Waals surface area contributed by atoms with Crippen molar-refractivity contribution in [2.24, 2.45) is 0 Å². The lowest BCUT2D eigenvalue weighted by Gasteiger charge is -2.07. The SMILES string of the molecule is CC(C)c1ccc(CNC(=O)c2cc(C(=O)O)on2)cc1. The van der Waals surface area contributed by atoms with Gasteiger partial charge >= 0.3 is 5.97 Å². The van der Waals surface area contributed by atoms with Gasteiger partial charge in [0.25, 0.3) is 5.91 Å². The molecule has 1 heterocycles. The van der Waals surface area contributed by atoms with Crippen LogP contribution in [-0.4, -0.2) is 22.1 Å². The molecule has 1 amide bonds. The zero-order valence-corrected chi connectivity index (χ0v) is 11.8. The van der Waals surface area contributed by atoms with Crippen molar-refractivity contribution in [2.75, 3.05) is 0 Å². The molecular formula is C15H16N2O4. The van der Waals surface area contributed by atoms with Gasteiger partial charge in [0, 0.05) is 12.6 Å². The Balaban J connectivity index is 1.95. The first-order valence-corrected chi connectivity index (χ1v) is 6.54. The van der Waals surface area contributed by atoms with Crippen LogP contribution in [0.1, 0.15) is 51.9 Å². The molecule has 21 heavy (non-hydrogen) atoms. The number of aromatic nitrogens is 1. The number of nitrogens with zero attached hydrogens (tertiary/aromatic N) is 1. The van der Waals surface area contributed by atoms with E-state index in [1.807, 2.05) is 24.3 Å². The summed E-state index contributed by atoms with van der Waals surface area (Å²) in [6.45, 7) is 4.56. The summed E-state index contributed by atoms with van der Waals surface area (Å²) in [4.78, 5) is 22.4. The largest absolute Gasteiger partial charge is 0.475 e. The minimum absolute atomic E-state index is 0.0498. The van der Waals surface area contributed by atoms with Gasteiger partial charge in [-0.05, 0) is 17.0 Å². The van der Waals surface area contributed by atoms with Gasteiger partial charge in [-0.1, -0.05) is 43.3 Å². The third-order valence-corrected chi connectivity index (χ3v) is 3.05. The summed E-state index contributed by atoms with van der Waals surface area (Å²) < 4.78 is 4.53. The van der Waals surface area contributed by atoms with Crippen LogP contribution in [0, 0.1) is 0 Å². The number of benzene rings is 1. The fourth-order valence-corrected chi connectivity index (χ4v) is 1.78. The minimum atomic E-state index is -1.26. The summed E-state index contributed by atoms with van der Waals surface area (Å²) in [5, 5.41) is 14.8. The van der Waals surface area contributed by atoms with Gasteiger partial charge in [0.15, 0.2) is 5.69 Å². The van der Waals surface area contributed by atoms with Crippen LogP contribution in [0.3, 0.4) is 0 Å². The molecule has 2 aromatic rings. The Labute approximate surface area is 121 Å². The highest BCUT2D eigenvalue weighted by molar-refractivity contribution is 5.94. The monoisotopic (exact) mass is 288 g/mol. The van der Waals surface area contributed by atoms with Crippen molar-refractivity contribution in [2.45, 2.75) is 26.3 Å². The standard InChI is InChI=1S/C15H16N2O4/c1-9(2)11-5-3-10(4-6-11)8-16-14(18)12-7-13(15(19)20)21-17-12/h3-7,9H,8H2,1-2H3,(H,16,18)(H,19,20). The Hall–Kier alpha value is -2.63. The molecule has 0 radical (unpaired) electrons. The molecule has 0 aliphatic rings. The maximum Gasteiger partial charge on any atom is 0.374 e. The first-order chi connectivity index (χ1) is 9.97. The number of nitrogens with one attached hydrogen (secondary N) is 1. The van der Waals surface area contributed by atoms with Crippen molar-refractivity contribution >= 4 is 11.9 Å². The van der Waals surface area contributed by atoms with Crippen LogP contribution >= 0.6 is 0 Å². The molecule has 0 fully saturated rings. The van der Waals surface area contributed by atoms with E-state index >= 15 is 0 Å². The fourth-order valence-electron chi connectivity index (χ4n) is 1.78. The lowest BCUT2D eigenvalue weighted by atomic mass is 10.0. The summed E-state index contributed by atoms with van der Waals surface area (Å²) >= 11 is 0. The van der Waals surface area contributed by atoms with E-state index in [4.69, 9.17) is 5.11 Å². The van der Waals surface area contributed by atoms with Crippen LogP contribution in [0.15, 0.2) is 34.9 Å². The minimum Gasteiger partial charge on any atom is -0.475 e. The quantitative estimate of drug-likeness (QED) is 0.881. The predicted octanol–water partition coefficient (Wildman–Crippen LogP) is 2.43. The summed E-state index contributed by atoms with van der Waals surface area (Å²) in [6, 6.07) is 9.03. The summed E-state index contributed by atoms with van der Waals surface area (Å²) in [7, 11) is 0. The second-order valence-electron chi connectivity index (χ2n) is 4.96. The first-order valence-electron chi connectivity index (χ1n) is 6.54. The van der Waals surface area contributed by atoms with E-state index < -0.39 is 11.9 Å². The van der Waals surface area contributed by atoms with Gasteiger partial charge in [-0.3, -0.25) is 4.79 Å². The van der Waals surface area contributed by atoms with E-state index in [9.17, 15) is 9.59 Å². The lowest BCUT2D eigenvalue weighted by Crippen LogP contribution is -2.23. The van der Waals surface area contributed by atoms with Crippen LogP contribution in [0.2, 0.25) is 0 Å². The average Bonchev–Trinajstić information content (AvgIpc) is 2.95. The molecule has 0 bridgehead atoms. The van der Waals surface area contributed by atoms with Crippen LogP contribution in [0.5, 0.6) is 0 Å². The van der Waals surface area contributed by atoms with Gasteiger partial charge < -0.3 is 14.9 Å². The van der Waals surface area contributed by atoms with Gasteiger partial charge in [-0.2, -0.15) is 0 Å². The van der Waals surface area contributed by atoms with E-state index in [1.54, 1.807) is 0 Å². The Morgan fingerprint density at radius 1 is 1.29 bits per heavy atom. The number of aromatic carboxylic acids is 1. The van der Waals surface area contributed by atoms with E-state index in [1.165, 1.54) is 5.56 Å². The predicted molar refractivity (Wildman–Crippen MR) is 75.2 cm³/mol. The van der Waals surface area contributed by atoms with Gasteiger partial charge in [-0.25, -0.2) is 4.79 Å². The average molecular weight is 288 g/mol. The zero-order valence-electron chi connectivity index (χ0n) is 11.8. The van der Waals surface area contributed by atoms with Crippen molar-refractivity contribution in [3.05, 3.63) is 52.9 Å². The molecule has 2 N–H and O–H groups in total. The van der Waals surface area contributed by atoms with Crippen molar-refractivity contribution in [3.8, 4) is 0 Å². The number of rotatable bonds is 5. The maximum atomic E-state index is 11.8. The Bertz CT molecular complexity index is 644. The molecule has 1 aromatic carbocycles. The van der Waals surface area contributed by atoms with Crippen LogP contribution in [0.25, 0.3) is 0 Å². The van der Waals surface area contributed by atoms with Crippen LogP contribution in [-0.2, 0) is 6.54 Å². The second kappa shape index (κ2) is 6.21. The molecule has 0 saturated heterocycles. The number of carboxylic acid groups (broad SMARTS) is 1. The lowest BCUT2D eigenvalue weighted by molar-refractivity contribution is 0.0651. The maximum absolute atomic E-state index is 11.8. The Morgan fingerprint density at radius 2 is 1.95 bits per heavy atom. The summed E-state index contributed by atoms with van der Waals surface area (Å²) in [6.07, 6.45) is 0. The van der Waals surface area contributed by atoms with Gasteiger partial charge in [0.05, 0.1) is 0 Å². The smallest absolute Gasteiger partial charge is 0.374 e. The highest BCUT2D eigenvalue weighted by Gasteiger charge is 2.16. The van der Waals surface area contributed by atoms with E-state index in [0.29, 0.717) is 12.5 Å².